The molecule has 15 heavy (non-hydrogen) atoms. The van der Waals surface area contributed by atoms with Crippen LogP contribution in [0.4, 0.5) is 5.69 Å². The molecule has 0 saturated carbocycles. The van der Waals surface area contributed by atoms with Crippen LogP contribution < -0.4 is 5.32 Å². The molecule has 0 aromatic carbocycles. The fraction of sp³-hybridized carbons (Fsp3) is 0.444. The highest BCUT2D eigenvalue weighted by Crippen LogP contribution is 2.27. The van der Waals surface area contributed by atoms with Crippen molar-refractivity contribution >= 4 is 34.8 Å². The Morgan fingerprint density at radius 2 is 1.73 bits per heavy atom. The summed E-state index contributed by atoms with van der Waals surface area (Å²) in [6.07, 6.45) is 1.23. The number of carbonyl (C=O) groups excluding carboxylic acids is 1. The van der Waals surface area contributed by atoms with Crippen LogP contribution in [0, 0.1) is 5.41 Å². The van der Waals surface area contributed by atoms with Crippen molar-refractivity contribution in [3.63, 3.8) is 0 Å². The number of hydrogen-bond acceptors (Lipinski definition) is 3. The average molecular weight is 248 g/mol. The summed E-state index contributed by atoms with van der Waals surface area (Å²) >= 11 is 11.5. The average Bonchev–Trinajstić information content (AvgIpc) is 2.09. The van der Waals surface area contributed by atoms with Gasteiger partial charge < -0.3 is 5.32 Å². The fourth-order valence-electron chi connectivity index (χ4n) is 0.749. The normalized spacial score (nSPS) is 11.3. The zero-order valence-corrected chi connectivity index (χ0v) is 10.1. The van der Waals surface area contributed by atoms with E-state index in [1.807, 2.05) is 0 Å². The van der Waals surface area contributed by atoms with Gasteiger partial charge in [-0.25, -0.2) is 9.97 Å². The topological polar surface area (TPSA) is 54.9 Å². The molecule has 0 fully saturated rings. The van der Waals surface area contributed by atoms with Gasteiger partial charge >= 0.3 is 0 Å². The Morgan fingerprint density at radius 3 is 2.13 bits per heavy atom. The number of anilines is 1. The lowest BCUT2D eigenvalue weighted by Gasteiger charge is -2.18. The van der Waals surface area contributed by atoms with Gasteiger partial charge in [-0.05, 0) is 0 Å². The van der Waals surface area contributed by atoms with Crippen molar-refractivity contribution in [3.8, 4) is 0 Å². The minimum atomic E-state index is -0.525. The van der Waals surface area contributed by atoms with Crippen molar-refractivity contribution in [3.05, 3.63) is 16.6 Å². The largest absolute Gasteiger partial charge is 0.320 e. The van der Waals surface area contributed by atoms with Crippen molar-refractivity contribution < 1.29 is 4.79 Å². The summed E-state index contributed by atoms with van der Waals surface area (Å²) in [5, 5.41) is 2.85. The molecule has 1 aromatic heterocycles. The first-order valence-electron chi connectivity index (χ1n) is 4.30. The SMILES string of the molecule is CC(C)(C)C(=O)Nc1c(Cl)ncnc1Cl. The van der Waals surface area contributed by atoms with Gasteiger partial charge in [-0.15, -0.1) is 0 Å². The number of rotatable bonds is 1. The van der Waals surface area contributed by atoms with E-state index in [2.05, 4.69) is 15.3 Å². The summed E-state index contributed by atoms with van der Waals surface area (Å²) in [7, 11) is 0. The van der Waals surface area contributed by atoms with Crippen molar-refractivity contribution in [1.29, 1.82) is 0 Å². The lowest BCUT2D eigenvalue weighted by molar-refractivity contribution is -0.123. The van der Waals surface area contributed by atoms with E-state index >= 15 is 0 Å². The molecule has 0 aliphatic rings. The summed E-state index contributed by atoms with van der Waals surface area (Å²) < 4.78 is 0. The summed E-state index contributed by atoms with van der Waals surface area (Å²) in [5.41, 5.74) is -0.275. The third-order valence-corrected chi connectivity index (χ3v) is 2.25. The van der Waals surface area contributed by atoms with Crippen LogP contribution in [0.15, 0.2) is 6.33 Å². The molecule has 82 valence electrons. The first-order chi connectivity index (χ1) is 6.82. The molecule has 0 saturated heterocycles. The number of aromatic nitrogens is 2. The maximum absolute atomic E-state index is 11.7. The van der Waals surface area contributed by atoms with Crippen LogP contribution in [-0.4, -0.2) is 15.9 Å². The molecule has 0 unspecified atom stereocenters. The monoisotopic (exact) mass is 247 g/mol. The number of amides is 1. The molecule has 0 aliphatic heterocycles. The van der Waals surface area contributed by atoms with Crippen LogP contribution in [0.1, 0.15) is 20.8 Å². The van der Waals surface area contributed by atoms with E-state index in [9.17, 15) is 4.79 Å². The van der Waals surface area contributed by atoms with Gasteiger partial charge in [0.15, 0.2) is 10.3 Å². The van der Waals surface area contributed by atoms with E-state index in [4.69, 9.17) is 23.2 Å². The Balaban J connectivity index is 2.95. The standard InChI is InChI=1S/C9H11Cl2N3O/c1-9(2,3)8(15)14-5-6(10)12-4-13-7(5)11/h4H,1-3H3,(H,14,15). The maximum atomic E-state index is 11.7. The van der Waals surface area contributed by atoms with Crippen molar-refractivity contribution in [2.45, 2.75) is 20.8 Å². The van der Waals surface area contributed by atoms with Gasteiger partial charge in [0.1, 0.15) is 12.0 Å². The minimum absolute atomic E-state index is 0.132. The molecule has 1 amide bonds. The number of nitrogens with one attached hydrogen (secondary N) is 1. The lowest BCUT2D eigenvalue weighted by atomic mass is 9.96. The molecule has 0 spiro atoms. The van der Waals surface area contributed by atoms with Crippen molar-refractivity contribution in [2.75, 3.05) is 5.32 Å². The van der Waals surface area contributed by atoms with Gasteiger partial charge in [-0.2, -0.15) is 0 Å². The van der Waals surface area contributed by atoms with Gasteiger partial charge in [-0.3, -0.25) is 4.79 Å². The van der Waals surface area contributed by atoms with E-state index < -0.39 is 5.41 Å². The molecule has 0 atom stereocenters. The highest BCUT2D eigenvalue weighted by molar-refractivity contribution is 6.38. The zero-order valence-electron chi connectivity index (χ0n) is 8.64. The minimum Gasteiger partial charge on any atom is -0.320 e. The second-order valence-electron chi connectivity index (χ2n) is 4.03. The van der Waals surface area contributed by atoms with E-state index in [1.165, 1.54) is 6.33 Å². The van der Waals surface area contributed by atoms with Crippen LogP contribution in [0.5, 0.6) is 0 Å². The second kappa shape index (κ2) is 4.33. The molecule has 1 aromatic rings. The molecule has 0 radical (unpaired) electrons. The number of halogens is 2. The molecule has 0 bridgehead atoms. The number of hydrogen-bond donors (Lipinski definition) is 1. The van der Waals surface area contributed by atoms with E-state index in [1.54, 1.807) is 20.8 Å². The molecule has 0 aliphatic carbocycles. The molecular weight excluding hydrogens is 237 g/mol. The van der Waals surface area contributed by atoms with Gasteiger partial charge in [-0.1, -0.05) is 44.0 Å². The van der Waals surface area contributed by atoms with Crippen molar-refractivity contribution in [1.82, 2.24) is 9.97 Å². The molecular formula is C9H11Cl2N3O. The fourth-order valence-corrected chi connectivity index (χ4v) is 1.16. The van der Waals surface area contributed by atoms with E-state index in [-0.39, 0.29) is 21.9 Å². The Kier molecular flexibility index (Phi) is 3.52. The molecule has 1 heterocycles. The molecule has 1 rings (SSSR count). The van der Waals surface area contributed by atoms with Crippen LogP contribution >= 0.6 is 23.2 Å². The maximum Gasteiger partial charge on any atom is 0.229 e. The van der Waals surface area contributed by atoms with Crippen molar-refractivity contribution in [2.24, 2.45) is 5.41 Å². The van der Waals surface area contributed by atoms with Crippen LogP contribution in [0.3, 0.4) is 0 Å². The Bertz CT molecular complexity index is 367. The van der Waals surface area contributed by atoms with Crippen LogP contribution in [0.25, 0.3) is 0 Å². The third kappa shape index (κ3) is 3.04. The Labute approximate surface area is 98.0 Å². The smallest absolute Gasteiger partial charge is 0.229 e. The van der Waals surface area contributed by atoms with Crippen LogP contribution in [0.2, 0.25) is 10.3 Å². The van der Waals surface area contributed by atoms with Gasteiger partial charge in [0, 0.05) is 5.41 Å². The molecule has 4 nitrogen and oxygen atoms in total. The van der Waals surface area contributed by atoms with Crippen LogP contribution in [-0.2, 0) is 4.79 Å². The van der Waals surface area contributed by atoms with E-state index in [0.29, 0.717) is 0 Å². The first-order valence-corrected chi connectivity index (χ1v) is 5.05. The highest BCUT2D eigenvalue weighted by atomic mass is 35.5. The summed E-state index contributed by atoms with van der Waals surface area (Å²) in [4.78, 5) is 19.1. The van der Waals surface area contributed by atoms with E-state index in [0.717, 1.165) is 0 Å². The Morgan fingerprint density at radius 1 is 1.27 bits per heavy atom. The number of nitrogens with zero attached hydrogens (tertiary/aromatic N) is 2. The highest BCUT2D eigenvalue weighted by Gasteiger charge is 2.23. The van der Waals surface area contributed by atoms with Gasteiger partial charge in [0.25, 0.3) is 0 Å². The lowest BCUT2D eigenvalue weighted by Crippen LogP contribution is -2.28. The molecule has 1 N–H and O–H groups in total. The number of carbonyl (C=O) groups is 1. The second-order valence-corrected chi connectivity index (χ2v) is 4.75. The predicted octanol–water partition coefficient (Wildman–Crippen LogP) is 2.77. The third-order valence-electron chi connectivity index (χ3n) is 1.67. The zero-order chi connectivity index (χ0) is 11.6. The summed E-state index contributed by atoms with van der Waals surface area (Å²) in [5.74, 6) is -0.193. The summed E-state index contributed by atoms with van der Waals surface area (Å²) in [6, 6.07) is 0. The first kappa shape index (κ1) is 12.2. The molecule has 6 heteroatoms. The quantitative estimate of drug-likeness (QED) is 0.777. The Hall–Kier alpha value is -0.870. The summed E-state index contributed by atoms with van der Waals surface area (Å²) in [6.45, 7) is 5.36. The van der Waals surface area contributed by atoms with Gasteiger partial charge in [0.2, 0.25) is 5.91 Å². The predicted molar refractivity (Wildman–Crippen MR) is 60.1 cm³/mol. The van der Waals surface area contributed by atoms with Gasteiger partial charge in [0.05, 0.1) is 0 Å².